The van der Waals surface area contributed by atoms with E-state index in [0.29, 0.717) is 12.3 Å². The van der Waals surface area contributed by atoms with Crippen molar-refractivity contribution in [1.29, 1.82) is 0 Å². The second-order valence-electron chi connectivity index (χ2n) is 6.11. The topological polar surface area (TPSA) is 41.1 Å². The molecule has 0 saturated carbocycles. The fraction of sp³-hybridized carbons (Fsp3) is 0.688. The Kier molecular flexibility index (Phi) is 4.41. The van der Waals surface area contributed by atoms with Gasteiger partial charge in [-0.3, -0.25) is 4.79 Å². The molecule has 1 aromatic heterocycles. The summed E-state index contributed by atoms with van der Waals surface area (Å²) in [6.07, 6.45) is 7.89. The fourth-order valence-corrected chi connectivity index (χ4v) is 4.64. The van der Waals surface area contributed by atoms with Gasteiger partial charge >= 0.3 is 0 Å². The van der Waals surface area contributed by atoms with Gasteiger partial charge in [0.05, 0.1) is 5.00 Å². The summed E-state index contributed by atoms with van der Waals surface area (Å²) in [5.74, 6) is 0.886. The molecule has 4 heteroatoms. The maximum absolute atomic E-state index is 12.1. The Morgan fingerprint density at radius 3 is 3.00 bits per heavy atom. The fourth-order valence-electron chi connectivity index (χ4n) is 3.33. The summed E-state index contributed by atoms with van der Waals surface area (Å²) in [6.45, 7) is 4.36. The smallest absolute Gasteiger partial charge is 0.224 e. The van der Waals surface area contributed by atoms with E-state index in [-0.39, 0.29) is 5.91 Å². The van der Waals surface area contributed by atoms with E-state index in [1.54, 1.807) is 11.3 Å². The number of aryl methyl sites for hydroxylation is 1. The zero-order valence-electron chi connectivity index (χ0n) is 12.3. The molecule has 0 aromatic carbocycles. The van der Waals surface area contributed by atoms with Crippen LogP contribution in [0.25, 0.3) is 0 Å². The Morgan fingerprint density at radius 2 is 2.25 bits per heavy atom. The van der Waals surface area contributed by atoms with E-state index in [1.807, 2.05) is 0 Å². The van der Waals surface area contributed by atoms with Crippen molar-refractivity contribution in [2.75, 3.05) is 18.4 Å². The molecular formula is C16H24N2OS. The minimum Gasteiger partial charge on any atom is -0.317 e. The molecule has 1 aliphatic heterocycles. The summed E-state index contributed by atoms with van der Waals surface area (Å²) in [6, 6.07) is 0. The van der Waals surface area contributed by atoms with Gasteiger partial charge in [0.15, 0.2) is 0 Å². The average Bonchev–Trinajstić information content (AvgIpc) is 3.07. The first-order valence-electron chi connectivity index (χ1n) is 7.85. The molecule has 1 atom stereocenters. The van der Waals surface area contributed by atoms with Gasteiger partial charge in [0.1, 0.15) is 0 Å². The van der Waals surface area contributed by atoms with Crippen molar-refractivity contribution in [3.8, 4) is 0 Å². The highest BCUT2D eigenvalue weighted by molar-refractivity contribution is 7.16. The van der Waals surface area contributed by atoms with Crippen LogP contribution in [0.5, 0.6) is 0 Å². The minimum atomic E-state index is 0.193. The molecule has 1 fully saturated rings. The lowest BCUT2D eigenvalue weighted by molar-refractivity contribution is -0.116. The molecule has 2 heterocycles. The van der Waals surface area contributed by atoms with E-state index >= 15 is 0 Å². The molecule has 1 aromatic rings. The SMILES string of the molecule is Cc1c(NC(=O)CCC2CCNC2)sc2c1CCCC2. The van der Waals surface area contributed by atoms with Crippen molar-refractivity contribution in [2.45, 2.75) is 51.9 Å². The summed E-state index contributed by atoms with van der Waals surface area (Å²) in [5.41, 5.74) is 2.83. The number of fused-ring (bicyclic) bond motifs is 1. The monoisotopic (exact) mass is 292 g/mol. The number of carbonyl (C=O) groups excluding carboxylic acids is 1. The van der Waals surface area contributed by atoms with E-state index in [4.69, 9.17) is 0 Å². The van der Waals surface area contributed by atoms with Gasteiger partial charge < -0.3 is 10.6 Å². The Bertz CT molecular complexity index is 489. The van der Waals surface area contributed by atoms with Gasteiger partial charge in [-0.25, -0.2) is 0 Å². The lowest BCUT2D eigenvalue weighted by Gasteiger charge is -2.10. The highest BCUT2D eigenvalue weighted by Gasteiger charge is 2.20. The predicted octanol–water partition coefficient (Wildman–Crippen LogP) is 3.26. The average molecular weight is 292 g/mol. The number of thiophene rings is 1. The van der Waals surface area contributed by atoms with Crippen molar-refractivity contribution >= 4 is 22.2 Å². The standard InChI is InChI=1S/C16H24N2OS/c1-11-13-4-2-3-5-14(13)20-16(11)18-15(19)7-6-12-8-9-17-10-12/h12,17H,2-10H2,1H3,(H,18,19). The molecule has 2 aliphatic rings. The Labute approximate surface area is 125 Å². The summed E-state index contributed by atoms with van der Waals surface area (Å²) < 4.78 is 0. The normalized spacial score (nSPS) is 21.8. The van der Waals surface area contributed by atoms with Crippen molar-refractivity contribution in [1.82, 2.24) is 5.32 Å². The largest absolute Gasteiger partial charge is 0.317 e. The lowest BCUT2D eigenvalue weighted by atomic mass is 9.96. The third-order valence-corrected chi connectivity index (χ3v) is 5.94. The maximum atomic E-state index is 12.1. The van der Waals surface area contributed by atoms with Crippen LogP contribution in [-0.2, 0) is 17.6 Å². The zero-order valence-corrected chi connectivity index (χ0v) is 13.1. The van der Waals surface area contributed by atoms with Crippen LogP contribution < -0.4 is 10.6 Å². The molecule has 1 unspecified atom stereocenters. The van der Waals surface area contributed by atoms with Crippen molar-refractivity contribution in [3.63, 3.8) is 0 Å². The number of amides is 1. The Morgan fingerprint density at radius 1 is 1.40 bits per heavy atom. The summed E-state index contributed by atoms with van der Waals surface area (Å²) in [7, 11) is 0. The lowest BCUT2D eigenvalue weighted by Crippen LogP contribution is -2.14. The van der Waals surface area contributed by atoms with Gasteiger partial charge in [-0.15, -0.1) is 11.3 Å². The maximum Gasteiger partial charge on any atom is 0.224 e. The van der Waals surface area contributed by atoms with Gasteiger partial charge in [0, 0.05) is 11.3 Å². The molecule has 110 valence electrons. The summed E-state index contributed by atoms with van der Waals surface area (Å²) in [5, 5.41) is 7.61. The van der Waals surface area contributed by atoms with E-state index in [9.17, 15) is 4.79 Å². The Hall–Kier alpha value is -0.870. The van der Waals surface area contributed by atoms with Crippen LogP contribution in [0.1, 0.15) is 48.1 Å². The quantitative estimate of drug-likeness (QED) is 0.894. The van der Waals surface area contributed by atoms with Crippen molar-refractivity contribution in [3.05, 3.63) is 16.0 Å². The number of hydrogen-bond acceptors (Lipinski definition) is 3. The number of carbonyl (C=O) groups is 1. The van der Waals surface area contributed by atoms with Crippen LogP contribution >= 0.6 is 11.3 Å². The molecule has 1 amide bonds. The Balaban J connectivity index is 1.56. The number of anilines is 1. The van der Waals surface area contributed by atoms with Crippen LogP contribution in [0.3, 0.4) is 0 Å². The minimum absolute atomic E-state index is 0.193. The van der Waals surface area contributed by atoms with Gasteiger partial charge in [-0.2, -0.15) is 0 Å². The van der Waals surface area contributed by atoms with Crippen LogP contribution in [0.15, 0.2) is 0 Å². The van der Waals surface area contributed by atoms with Crippen molar-refractivity contribution in [2.24, 2.45) is 5.92 Å². The zero-order chi connectivity index (χ0) is 13.9. The molecule has 3 nitrogen and oxygen atoms in total. The molecule has 3 rings (SSSR count). The molecule has 1 aliphatic carbocycles. The summed E-state index contributed by atoms with van der Waals surface area (Å²) in [4.78, 5) is 13.6. The first-order chi connectivity index (χ1) is 9.74. The highest BCUT2D eigenvalue weighted by Crippen LogP contribution is 2.37. The van der Waals surface area contributed by atoms with Crippen LogP contribution in [0.4, 0.5) is 5.00 Å². The number of nitrogens with one attached hydrogen (secondary N) is 2. The molecule has 0 spiro atoms. The van der Waals surface area contributed by atoms with Gasteiger partial charge in [-0.1, -0.05) is 0 Å². The molecule has 0 bridgehead atoms. The first kappa shape index (κ1) is 14.1. The van der Waals surface area contributed by atoms with Crippen LogP contribution in [-0.4, -0.2) is 19.0 Å². The number of rotatable bonds is 4. The third kappa shape index (κ3) is 3.07. The number of hydrogen-bond donors (Lipinski definition) is 2. The van der Waals surface area contributed by atoms with Crippen molar-refractivity contribution < 1.29 is 4.79 Å². The van der Waals surface area contributed by atoms with E-state index < -0.39 is 0 Å². The second kappa shape index (κ2) is 6.27. The van der Waals surface area contributed by atoms with Crippen LogP contribution in [0, 0.1) is 12.8 Å². The van der Waals surface area contributed by atoms with Gasteiger partial charge in [0.25, 0.3) is 0 Å². The molecule has 0 radical (unpaired) electrons. The van der Waals surface area contributed by atoms with Gasteiger partial charge in [0.2, 0.25) is 5.91 Å². The third-order valence-electron chi connectivity index (χ3n) is 4.63. The molecular weight excluding hydrogens is 268 g/mol. The van der Waals surface area contributed by atoms with Crippen LogP contribution in [0.2, 0.25) is 0 Å². The first-order valence-corrected chi connectivity index (χ1v) is 8.67. The predicted molar refractivity (Wildman–Crippen MR) is 84.5 cm³/mol. The van der Waals surface area contributed by atoms with Gasteiger partial charge in [-0.05, 0) is 75.6 Å². The van der Waals surface area contributed by atoms with E-state index in [2.05, 4.69) is 17.6 Å². The summed E-state index contributed by atoms with van der Waals surface area (Å²) >= 11 is 1.80. The van der Waals surface area contributed by atoms with E-state index in [1.165, 1.54) is 48.1 Å². The molecule has 1 saturated heterocycles. The second-order valence-corrected chi connectivity index (χ2v) is 7.22. The molecule has 2 N–H and O–H groups in total. The highest BCUT2D eigenvalue weighted by atomic mass is 32.1. The molecule has 20 heavy (non-hydrogen) atoms. The van der Waals surface area contributed by atoms with E-state index in [0.717, 1.165) is 24.5 Å².